The Morgan fingerprint density at radius 1 is 1.02 bits per heavy atom. The lowest BCUT2D eigenvalue weighted by atomic mass is 9.67. The Kier molecular flexibility index (Phi) is 10.7. The lowest BCUT2D eigenvalue weighted by Crippen LogP contribution is -2.41. The number of aryl methyl sites for hydroxylation is 1. The first kappa shape index (κ1) is 34.9. The second-order valence-corrected chi connectivity index (χ2v) is 13.1. The number of nitrogens with one attached hydrogen (secondary N) is 3. The molecular weight excluding hydrogens is 639 g/mol. The topological polar surface area (TPSA) is 143 Å². The molecule has 2 aliphatic rings. The Morgan fingerprint density at radius 3 is 2.54 bits per heavy atom. The molecule has 0 bridgehead atoms. The normalized spacial score (nSPS) is 16.2. The van der Waals surface area contributed by atoms with Crippen molar-refractivity contribution in [3.05, 3.63) is 118 Å². The number of fused-ring (bicyclic) bond motifs is 1. The van der Waals surface area contributed by atoms with E-state index in [2.05, 4.69) is 46.1 Å². The molecule has 0 saturated carbocycles. The van der Waals surface area contributed by atoms with E-state index in [-0.39, 0.29) is 53.8 Å². The molecule has 50 heavy (non-hydrogen) atoms. The lowest BCUT2D eigenvalue weighted by molar-refractivity contribution is -0.118. The molecule has 262 valence electrons. The molecular formula is C39H43FN4O6. The molecule has 1 saturated heterocycles. The van der Waals surface area contributed by atoms with Crippen LogP contribution < -0.4 is 20.7 Å². The summed E-state index contributed by atoms with van der Waals surface area (Å²) >= 11 is 0. The third-order valence-electron chi connectivity index (χ3n) is 9.78. The summed E-state index contributed by atoms with van der Waals surface area (Å²) in [4.78, 5) is 26.8. The van der Waals surface area contributed by atoms with Gasteiger partial charge in [0.15, 0.2) is 12.4 Å². The standard InChI is InChI=1S/C39H43FN4O6/c1-44-18-15-39(16-19-44,28-7-3-2-4-8-28)30-20-25(9-13-32(30)45)6-5-17-42-38(49)26-10-11-27(31(40)21-26)22-41-23-34(47)29-12-14-33(46)36-37(29)50-24-35(48)43-36/h2-4,7-14,20-21,34,41,45-47H,5-6,15-19,22-24H2,1H3,(H,42,49)(H,43,48). The minimum atomic E-state index is -1.06. The van der Waals surface area contributed by atoms with E-state index in [9.17, 15) is 29.3 Å². The number of amides is 2. The molecule has 2 amide bonds. The molecule has 0 radical (unpaired) electrons. The number of aliphatic hydroxyl groups excluding tert-OH is 1. The number of piperidine rings is 1. The molecule has 1 atom stereocenters. The lowest BCUT2D eigenvalue weighted by Gasteiger charge is -2.42. The highest BCUT2D eigenvalue weighted by Gasteiger charge is 2.39. The second-order valence-electron chi connectivity index (χ2n) is 13.1. The highest BCUT2D eigenvalue weighted by atomic mass is 19.1. The third-order valence-corrected chi connectivity index (χ3v) is 9.78. The van der Waals surface area contributed by atoms with Crippen molar-refractivity contribution in [2.45, 2.75) is 43.7 Å². The number of aliphatic hydroxyl groups is 1. The van der Waals surface area contributed by atoms with Crippen molar-refractivity contribution in [3.63, 3.8) is 0 Å². The number of halogens is 1. The van der Waals surface area contributed by atoms with Crippen molar-refractivity contribution in [1.82, 2.24) is 15.5 Å². The van der Waals surface area contributed by atoms with Gasteiger partial charge in [0.1, 0.15) is 23.0 Å². The summed E-state index contributed by atoms with van der Waals surface area (Å²) in [6, 6.07) is 23.4. The predicted molar refractivity (Wildman–Crippen MR) is 188 cm³/mol. The van der Waals surface area contributed by atoms with Gasteiger partial charge in [-0.25, -0.2) is 4.39 Å². The Hall–Kier alpha value is -4.97. The van der Waals surface area contributed by atoms with Gasteiger partial charge in [-0.3, -0.25) is 9.59 Å². The number of hydrogen-bond donors (Lipinski definition) is 6. The van der Waals surface area contributed by atoms with Crippen molar-refractivity contribution in [1.29, 1.82) is 0 Å². The van der Waals surface area contributed by atoms with Crippen LogP contribution in [-0.2, 0) is 23.2 Å². The van der Waals surface area contributed by atoms with Crippen LogP contribution in [0.25, 0.3) is 0 Å². The van der Waals surface area contributed by atoms with Crippen LogP contribution >= 0.6 is 0 Å². The number of carbonyl (C=O) groups is 2. The summed E-state index contributed by atoms with van der Waals surface area (Å²) in [6.07, 6.45) is 2.14. The molecule has 4 aromatic rings. The van der Waals surface area contributed by atoms with Crippen LogP contribution in [0.2, 0.25) is 0 Å². The fourth-order valence-corrected chi connectivity index (χ4v) is 6.92. The molecule has 11 heteroatoms. The number of likely N-dealkylation sites (tertiary alicyclic amines) is 1. The first-order valence-corrected chi connectivity index (χ1v) is 16.9. The number of carbonyl (C=O) groups excluding carboxylic acids is 2. The largest absolute Gasteiger partial charge is 0.508 e. The van der Waals surface area contributed by atoms with E-state index < -0.39 is 17.8 Å². The fraction of sp³-hybridized carbons (Fsp3) is 0.333. The summed E-state index contributed by atoms with van der Waals surface area (Å²) in [7, 11) is 2.13. The van der Waals surface area contributed by atoms with Crippen LogP contribution in [0.15, 0.2) is 78.9 Å². The predicted octanol–water partition coefficient (Wildman–Crippen LogP) is 4.77. The van der Waals surface area contributed by atoms with Gasteiger partial charge < -0.3 is 40.9 Å². The van der Waals surface area contributed by atoms with Gasteiger partial charge in [-0.2, -0.15) is 0 Å². The zero-order valence-electron chi connectivity index (χ0n) is 28.0. The van der Waals surface area contributed by atoms with Crippen LogP contribution in [0.3, 0.4) is 0 Å². The Morgan fingerprint density at radius 2 is 1.78 bits per heavy atom. The maximum Gasteiger partial charge on any atom is 0.262 e. The van der Waals surface area contributed by atoms with Crippen molar-refractivity contribution in [2.75, 3.05) is 45.2 Å². The number of aromatic hydroxyl groups is 2. The number of phenolic OH excluding ortho intramolecular Hbond substituents is 2. The monoisotopic (exact) mass is 682 g/mol. The fourth-order valence-electron chi connectivity index (χ4n) is 6.92. The van der Waals surface area contributed by atoms with E-state index in [1.54, 1.807) is 12.1 Å². The first-order chi connectivity index (χ1) is 24.1. The van der Waals surface area contributed by atoms with Crippen molar-refractivity contribution in [3.8, 4) is 17.2 Å². The smallest absolute Gasteiger partial charge is 0.262 e. The molecule has 0 spiro atoms. The molecule has 2 aliphatic heterocycles. The van der Waals surface area contributed by atoms with Crippen LogP contribution in [0.5, 0.6) is 17.2 Å². The van der Waals surface area contributed by atoms with E-state index in [0.29, 0.717) is 36.3 Å². The summed E-state index contributed by atoms with van der Waals surface area (Å²) in [5.41, 5.74) is 3.98. The molecule has 0 aliphatic carbocycles. The van der Waals surface area contributed by atoms with E-state index in [0.717, 1.165) is 37.1 Å². The zero-order chi connectivity index (χ0) is 35.3. The van der Waals surface area contributed by atoms with Crippen LogP contribution in [0.4, 0.5) is 10.1 Å². The number of nitrogens with zero attached hydrogens (tertiary/aromatic N) is 1. The molecule has 10 nitrogen and oxygen atoms in total. The zero-order valence-corrected chi connectivity index (χ0v) is 28.0. The van der Waals surface area contributed by atoms with Crippen molar-refractivity contribution < 1.29 is 34.0 Å². The second kappa shape index (κ2) is 15.3. The number of ether oxygens (including phenoxy) is 1. The number of anilines is 1. The molecule has 4 aromatic carbocycles. The van der Waals surface area contributed by atoms with Crippen molar-refractivity contribution >= 4 is 17.5 Å². The molecule has 1 unspecified atom stereocenters. The highest BCUT2D eigenvalue weighted by Crippen LogP contribution is 2.45. The number of phenols is 2. The van der Waals surface area contributed by atoms with Gasteiger partial charge in [-0.05, 0) is 87.3 Å². The molecule has 6 rings (SSSR count). The average Bonchev–Trinajstić information content (AvgIpc) is 3.12. The van der Waals surface area contributed by atoms with Gasteiger partial charge in [0.25, 0.3) is 11.8 Å². The van der Waals surface area contributed by atoms with E-state index >= 15 is 0 Å². The summed E-state index contributed by atoms with van der Waals surface area (Å²) in [6.45, 7) is 2.19. The van der Waals surface area contributed by atoms with Gasteiger partial charge in [0.05, 0.1) is 6.10 Å². The van der Waals surface area contributed by atoms with Crippen molar-refractivity contribution in [2.24, 2.45) is 0 Å². The quantitative estimate of drug-likeness (QED) is 0.0928. The van der Waals surface area contributed by atoms with E-state index in [4.69, 9.17) is 4.74 Å². The van der Waals surface area contributed by atoms with Crippen LogP contribution in [0.1, 0.15) is 63.5 Å². The minimum Gasteiger partial charge on any atom is -0.508 e. The molecule has 1 fully saturated rings. The molecule has 0 aromatic heterocycles. The van der Waals surface area contributed by atoms with Gasteiger partial charge in [-0.1, -0.05) is 48.5 Å². The van der Waals surface area contributed by atoms with Gasteiger partial charge in [0, 0.05) is 47.3 Å². The van der Waals surface area contributed by atoms with Gasteiger partial charge in [0.2, 0.25) is 0 Å². The Bertz CT molecular complexity index is 1840. The van der Waals surface area contributed by atoms with Gasteiger partial charge >= 0.3 is 0 Å². The molecule has 6 N–H and O–H groups in total. The average molecular weight is 683 g/mol. The van der Waals surface area contributed by atoms with Gasteiger partial charge in [-0.15, -0.1) is 0 Å². The third kappa shape index (κ3) is 7.60. The number of rotatable bonds is 12. The van der Waals surface area contributed by atoms with E-state index in [1.165, 1.54) is 29.8 Å². The highest BCUT2D eigenvalue weighted by molar-refractivity contribution is 5.97. The minimum absolute atomic E-state index is 0.0449. The van der Waals surface area contributed by atoms with Crippen LogP contribution in [0, 0.1) is 5.82 Å². The first-order valence-electron chi connectivity index (χ1n) is 16.9. The Labute approximate surface area is 290 Å². The van der Waals surface area contributed by atoms with E-state index in [1.807, 2.05) is 24.3 Å². The number of benzene rings is 4. The summed E-state index contributed by atoms with van der Waals surface area (Å²) < 4.78 is 20.4. The number of hydrogen-bond acceptors (Lipinski definition) is 8. The maximum absolute atomic E-state index is 15.0. The summed E-state index contributed by atoms with van der Waals surface area (Å²) in [5, 5.41) is 40.2. The SMILES string of the molecule is CN1CCC(c2ccccc2)(c2cc(CCCNC(=O)c3ccc(CNCC(O)c4ccc(O)c5c4OCC(=O)N5)c(F)c3)ccc2O)CC1. The van der Waals surface area contributed by atoms with Crippen LogP contribution in [-0.4, -0.2) is 71.9 Å². The summed E-state index contributed by atoms with van der Waals surface area (Å²) in [5.74, 6) is -1.01. The molecule has 2 heterocycles. The maximum atomic E-state index is 15.0. The Balaban J connectivity index is 1.01.